The van der Waals surface area contributed by atoms with Gasteiger partial charge in [-0.2, -0.15) is 4.31 Å². The van der Waals surface area contributed by atoms with Gasteiger partial charge >= 0.3 is 0 Å². The number of amides is 1. The number of aryl methyl sites for hydroxylation is 2. The number of morpholine rings is 1. The average Bonchev–Trinajstić information content (AvgIpc) is 3.28. The van der Waals surface area contributed by atoms with E-state index >= 15 is 0 Å². The van der Waals surface area contributed by atoms with Gasteiger partial charge in [-0.15, -0.1) is 12.4 Å². The second kappa shape index (κ2) is 13.1. The maximum absolute atomic E-state index is 13.8. The van der Waals surface area contributed by atoms with Crippen molar-refractivity contribution in [2.24, 2.45) is 0 Å². The molecule has 11 heteroatoms. The second-order valence-corrected chi connectivity index (χ2v) is 12.9. The fourth-order valence-electron chi connectivity index (χ4n) is 4.75. The van der Waals surface area contributed by atoms with E-state index in [-0.39, 0.29) is 35.4 Å². The van der Waals surface area contributed by atoms with Gasteiger partial charge in [0.25, 0.3) is 5.91 Å². The molecule has 0 saturated carbocycles. The number of rotatable bonds is 9. The molecule has 0 aliphatic carbocycles. The van der Waals surface area contributed by atoms with Crippen molar-refractivity contribution in [3.8, 4) is 0 Å². The van der Waals surface area contributed by atoms with Crippen LogP contribution in [0.15, 0.2) is 41.3 Å². The Morgan fingerprint density at radius 2 is 1.62 bits per heavy atom. The summed E-state index contributed by atoms with van der Waals surface area (Å²) in [5.74, 6) is -0.192. The number of carbonyl (C=O) groups is 1. The Morgan fingerprint density at radius 3 is 2.21 bits per heavy atom. The average molecular weight is 595 g/mol. The summed E-state index contributed by atoms with van der Waals surface area (Å²) >= 11 is 1.51. The van der Waals surface area contributed by atoms with Gasteiger partial charge in [0.05, 0.1) is 27.3 Å². The summed E-state index contributed by atoms with van der Waals surface area (Å²) in [5, 5.41) is 0.648. The van der Waals surface area contributed by atoms with Gasteiger partial charge in [-0.1, -0.05) is 25.2 Å². The zero-order valence-electron chi connectivity index (χ0n) is 23.5. The quantitative estimate of drug-likeness (QED) is 0.342. The van der Waals surface area contributed by atoms with Crippen LogP contribution in [0.5, 0.6) is 0 Å². The lowest BCUT2D eigenvalue weighted by Crippen LogP contribution is -2.48. The molecule has 8 nitrogen and oxygen atoms in total. The third-order valence-electron chi connectivity index (χ3n) is 7.13. The molecule has 2 unspecified atom stereocenters. The van der Waals surface area contributed by atoms with Crippen molar-refractivity contribution in [1.29, 1.82) is 0 Å². The van der Waals surface area contributed by atoms with Crippen LogP contribution in [0.4, 0.5) is 5.13 Å². The molecular weight excluding hydrogens is 556 g/mol. The molecule has 1 aliphatic rings. The Morgan fingerprint density at radius 1 is 1.03 bits per heavy atom. The highest BCUT2D eigenvalue weighted by Crippen LogP contribution is 2.32. The van der Waals surface area contributed by atoms with E-state index in [2.05, 4.69) is 44.7 Å². The molecular formula is C28H39ClN4O4S2. The predicted octanol–water partition coefficient (Wildman–Crippen LogP) is 5.12. The third-order valence-corrected chi connectivity index (χ3v) is 10.0. The molecule has 4 rings (SSSR count). The number of halogens is 1. The van der Waals surface area contributed by atoms with E-state index < -0.39 is 10.0 Å². The number of benzene rings is 2. The van der Waals surface area contributed by atoms with Crippen LogP contribution in [0.2, 0.25) is 0 Å². The van der Waals surface area contributed by atoms with Crippen LogP contribution >= 0.6 is 23.7 Å². The summed E-state index contributed by atoms with van der Waals surface area (Å²) in [4.78, 5) is 22.8. The number of thiazole rings is 1. The van der Waals surface area contributed by atoms with Crippen LogP contribution in [-0.2, 0) is 14.8 Å². The van der Waals surface area contributed by atoms with Crippen LogP contribution in [0.25, 0.3) is 10.2 Å². The molecule has 3 aromatic rings. The van der Waals surface area contributed by atoms with E-state index in [1.807, 2.05) is 13.8 Å². The highest BCUT2D eigenvalue weighted by atomic mass is 35.5. The summed E-state index contributed by atoms with van der Waals surface area (Å²) in [6.45, 7) is 15.7. The molecule has 0 spiro atoms. The molecule has 1 aliphatic heterocycles. The maximum Gasteiger partial charge on any atom is 0.260 e. The molecule has 2 atom stereocenters. The van der Waals surface area contributed by atoms with Gasteiger partial charge in [0.2, 0.25) is 10.0 Å². The summed E-state index contributed by atoms with van der Waals surface area (Å²) in [6, 6.07) is 10.4. The van der Waals surface area contributed by atoms with Crippen LogP contribution < -0.4 is 4.90 Å². The van der Waals surface area contributed by atoms with Crippen molar-refractivity contribution in [2.75, 3.05) is 44.2 Å². The molecule has 0 radical (unpaired) electrons. The Labute approximate surface area is 242 Å². The van der Waals surface area contributed by atoms with Crippen LogP contribution in [-0.4, -0.2) is 80.0 Å². The molecule has 0 bridgehead atoms. The van der Waals surface area contributed by atoms with Crippen molar-refractivity contribution >= 4 is 55.0 Å². The number of carbonyl (C=O) groups excluding carboxylic acids is 1. The summed E-state index contributed by atoms with van der Waals surface area (Å²) in [7, 11) is -3.69. The fraction of sp³-hybridized carbons (Fsp3) is 0.500. The number of anilines is 1. The molecule has 1 amide bonds. The highest BCUT2D eigenvalue weighted by molar-refractivity contribution is 7.89. The van der Waals surface area contributed by atoms with E-state index in [9.17, 15) is 13.2 Å². The summed E-state index contributed by atoms with van der Waals surface area (Å²) in [5.41, 5.74) is 3.66. The Bertz CT molecular complexity index is 1340. The van der Waals surface area contributed by atoms with E-state index in [1.54, 1.807) is 17.0 Å². The number of aromatic nitrogens is 1. The Kier molecular flexibility index (Phi) is 10.5. The zero-order valence-corrected chi connectivity index (χ0v) is 26.0. The Hall–Kier alpha value is -2.08. The molecule has 0 N–H and O–H groups in total. The van der Waals surface area contributed by atoms with Crippen molar-refractivity contribution in [1.82, 2.24) is 14.2 Å². The molecule has 2 heterocycles. The fourth-order valence-corrected chi connectivity index (χ4v) is 7.41. The van der Waals surface area contributed by atoms with Gasteiger partial charge in [0, 0.05) is 31.7 Å². The van der Waals surface area contributed by atoms with Gasteiger partial charge in [-0.3, -0.25) is 9.69 Å². The lowest BCUT2D eigenvalue weighted by atomic mass is 10.1. The summed E-state index contributed by atoms with van der Waals surface area (Å²) in [6.07, 6.45) is -0.342. The predicted molar refractivity (Wildman–Crippen MR) is 161 cm³/mol. The van der Waals surface area contributed by atoms with Crippen LogP contribution in [0.3, 0.4) is 0 Å². The minimum absolute atomic E-state index is 0. The number of hydrogen-bond acceptors (Lipinski definition) is 7. The SMILES string of the molecule is CCN(CC)CCN(C(=O)c1ccc(S(=O)(=O)N2CC(C)OC(C)C2)cc1)c1nc2cc(C)c(C)cc2s1.Cl. The number of ether oxygens (including phenoxy) is 1. The highest BCUT2D eigenvalue weighted by Gasteiger charge is 2.32. The zero-order chi connectivity index (χ0) is 27.6. The first-order chi connectivity index (χ1) is 18.0. The molecule has 2 aromatic carbocycles. The van der Waals surface area contributed by atoms with Gasteiger partial charge in [0.1, 0.15) is 0 Å². The molecule has 1 saturated heterocycles. The standard InChI is InChI=1S/C28H38N4O4S2.ClH/c1-7-30(8-2)13-14-32(28-29-25-15-19(3)20(4)16-26(25)37-28)27(33)23-9-11-24(12-10-23)38(34,35)31-17-21(5)36-22(6)18-31;/h9-12,15-16,21-22H,7-8,13-14,17-18H2,1-6H3;1H. The van der Waals surface area contributed by atoms with Crippen molar-refractivity contribution in [3.63, 3.8) is 0 Å². The number of nitrogens with zero attached hydrogens (tertiary/aromatic N) is 4. The number of hydrogen-bond donors (Lipinski definition) is 0. The topological polar surface area (TPSA) is 83.1 Å². The summed E-state index contributed by atoms with van der Waals surface area (Å²) < 4.78 is 34.7. The molecule has 39 heavy (non-hydrogen) atoms. The first kappa shape index (κ1) is 31.4. The van der Waals surface area contributed by atoms with E-state index in [0.29, 0.717) is 36.9 Å². The number of fused-ring (bicyclic) bond motifs is 1. The number of sulfonamides is 1. The van der Waals surface area contributed by atoms with Crippen LogP contribution in [0, 0.1) is 13.8 Å². The monoisotopic (exact) mass is 594 g/mol. The Balaban J connectivity index is 0.00000420. The lowest BCUT2D eigenvalue weighted by molar-refractivity contribution is -0.0440. The van der Waals surface area contributed by atoms with Gasteiger partial charge in [-0.25, -0.2) is 13.4 Å². The van der Waals surface area contributed by atoms with Gasteiger partial charge in [-0.05, 0) is 88.3 Å². The van der Waals surface area contributed by atoms with E-state index in [4.69, 9.17) is 9.72 Å². The lowest BCUT2D eigenvalue weighted by Gasteiger charge is -2.34. The van der Waals surface area contributed by atoms with E-state index in [1.165, 1.54) is 33.3 Å². The second-order valence-electron chi connectivity index (χ2n) is 9.99. The minimum atomic E-state index is -3.69. The van der Waals surface area contributed by atoms with Crippen LogP contribution in [0.1, 0.15) is 49.2 Å². The molecule has 1 aromatic heterocycles. The minimum Gasteiger partial charge on any atom is -0.373 e. The van der Waals surface area contributed by atoms with Crippen molar-refractivity contribution in [3.05, 3.63) is 53.1 Å². The van der Waals surface area contributed by atoms with Gasteiger partial charge < -0.3 is 9.64 Å². The van der Waals surface area contributed by atoms with E-state index in [0.717, 1.165) is 28.9 Å². The molecule has 1 fully saturated rings. The van der Waals surface area contributed by atoms with Crippen molar-refractivity contribution < 1.29 is 17.9 Å². The first-order valence-electron chi connectivity index (χ1n) is 13.2. The molecule has 214 valence electrons. The largest absolute Gasteiger partial charge is 0.373 e. The third kappa shape index (κ3) is 6.99. The normalized spacial score (nSPS) is 18.3. The van der Waals surface area contributed by atoms with Crippen molar-refractivity contribution in [2.45, 2.75) is 58.6 Å². The van der Waals surface area contributed by atoms with Gasteiger partial charge in [0.15, 0.2) is 5.13 Å². The first-order valence-corrected chi connectivity index (χ1v) is 15.5. The maximum atomic E-state index is 13.8. The smallest absolute Gasteiger partial charge is 0.260 e. The number of likely N-dealkylation sites (N-methyl/N-ethyl adjacent to an activating group) is 1.